The van der Waals surface area contributed by atoms with Crippen LogP contribution in [0.1, 0.15) is 41.4 Å². The minimum Gasteiger partial charge on any atom is -0.342 e. The highest BCUT2D eigenvalue weighted by Gasteiger charge is 2.25. The number of nitrogens with zero attached hydrogens (tertiary/aromatic N) is 4. The average Bonchev–Trinajstić information content (AvgIpc) is 2.99. The standard InChI is InChI=1S/C20H23N5O/c1-13-17(14(2)24-23-13)10-20(26)25-8-5-15(6-9-25)18-11-19-16(12-22-18)4-3-7-21-19/h3-4,7,11-12,15H,5-6,8-10H2,1-2H3,(H,23,24). The molecule has 4 rings (SSSR count). The molecule has 1 aliphatic rings. The second kappa shape index (κ2) is 6.86. The Morgan fingerprint density at radius 2 is 2.08 bits per heavy atom. The number of carbonyl (C=O) groups excluding carboxylic acids is 1. The molecule has 0 saturated carbocycles. The second-order valence-electron chi connectivity index (χ2n) is 7.05. The third-order valence-electron chi connectivity index (χ3n) is 5.38. The van der Waals surface area contributed by atoms with Crippen LogP contribution in [0, 0.1) is 13.8 Å². The number of amides is 1. The van der Waals surface area contributed by atoms with E-state index in [1.807, 2.05) is 43.3 Å². The highest BCUT2D eigenvalue weighted by Crippen LogP contribution is 2.28. The molecular weight excluding hydrogens is 326 g/mol. The van der Waals surface area contributed by atoms with Gasteiger partial charge in [-0.15, -0.1) is 0 Å². The molecule has 0 bridgehead atoms. The van der Waals surface area contributed by atoms with Crippen LogP contribution in [0.25, 0.3) is 10.9 Å². The first-order valence-electron chi connectivity index (χ1n) is 9.10. The molecule has 0 aliphatic carbocycles. The van der Waals surface area contributed by atoms with E-state index >= 15 is 0 Å². The first-order chi connectivity index (χ1) is 12.6. The quantitative estimate of drug-likeness (QED) is 0.789. The lowest BCUT2D eigenvalue weighted by atomic mass is 9.92. The number of hydrogen-bond acceptors (Lipinski definition) is 4. The number of pyridine rings is 2. The van der Waals surface area contributed by atoms with Crippen molar-refractivity contribution in [3.8, 4) is 0 Å². The molecule has 0 spiro atoms. The van der Waals surface area contributed by atoms with Crippen LogP contribution >= 0.6 is 0 Å². The van der Waals surface area contributed by atoms with Gasteiger partial charge in [0.2, 0.25) is 5.91 Å². The van der Waals surface area contributed by atoms with Gasteiger partial charge in [-0.2, -0.15) is 5.10 Å². The summed E-state index contributed by atoms with van der Waals surface area (Å²) in [6.07, 6.45) is 6.03. The fraction of sp³-hybridized carbons (Fsp3) is 0.400. The maximum atomic E-state index is 12.6. The molecule has 0 unspecified atom stereocenters. The third-order valence-corrected chi connectivity index (χ3v) is 5.38. The first-order valence-corrected chi connectivity index (χ1v) is 9.10. The highest BCUT2D eigenvalue weighted by atomic mass is 16.2. The molecule has 1 amide bonds. The molecule has 1 fully saturated rings. The van der Waals surface area contributed by atoms with Crippen molar-refractivity contribution < 1.29 is 4.79 Å². The van der Waals surface area contributed by atoms with E-state index in [0.29, 0.717) is 12.3 Å². The molecule has 3 aromatic rings. The van der Waals surface area contributed by atoms with Crippen LogP contribution in [0.3, 0.4) is 0 Å². The van der Waals surface area contributed by atoms with E-state index in [1.54, 1.807) is 0 Å². The fourth-order valence-corrected chi connectivity index (χ4v) is 3.73. The summed E-state index contributed by atoms with van der Waals surface area (Å²) in [5.41, 5.74) is 5.00. The predicted octanol–water partition coefficient (Wildman–Crippen LogP) is 2.92. The van der Waals surface area contributed by atoms with Gasteiger partial charge in [0.1, 0.15) is 0 Å². The van der Waals surface area contributed by atoms with Gasteiger partial charge in [0.05, 0.1) is 17.6 Å². The van der Waals surface area contributed by atoms with Crippen molar-refractivity contribution in [2.45, 2.75) is 39.0 Å². The van der Waals surface area contributed by atoms with E-state index in [1.165, 1.54) is 0 Å². The summed E-state index contributed by atoms with van der Waals surface area (Å²) < 4.78 is 0. The van der Waals surface area contributed by atoms with Gasteiger partial charge in [-0.3, -0.25) is 19.9 Å². The zero-order valence-electron chi connectivity index (χ0n) is 15.2. The van der Waals surface area contributed by atoms with Crippen molar-refractivity contribution in [1.82, 2.24) is 25.1 Å². The van der Waals surface area contributed by atoms with Gasteiger partial charge in [-0.05, 0) is 44.9 Å². The number of aromatic amines is 1. The molecule has 0 atom stereocenters. The van der Waals surface area contributed by atoms with Gasteiger partial charge in [0, 0.05) is 53.7 Å². The summed E-state index contributed by atoms with van der Waals surface area (Å²) in [6.45, 7) is 5.47. The summed E-state index contributed by atoms with van der Waals surface area (Å²) in [5.74, 6) is 0.576. The number of aryl methyl sites for hydroxylation is 2. The van der Waals surface area contributed by atoms with Gasteiger partial charge < -0.3 is 4.90 Å². The van der Waals surface area contributed by atoms with E-state index in [9.17, 15) is 4.79 Å². The van der Waals surface area contributed by atoms with E-state index in [2.05, 4.69) is 26.2 Å². The lowest BCUT2D eigenvalue weighted by Gasteiger charge is -2.32. The van der Waals surface area contributed by atoms with Gasteiger partial charge in [-0.1, -0.05) is 0 Å². The molecular formula is C20H23N5O. The SMILES string of the molecule is Cc1n[nH]c(C)c1CC(=O)N1CCC(c2cc3ncccc3cn2)CC1. The Hall–Kier alpha value is -2.76. The van der Waals surface area contributed by atoms with Gasteiger partial charge in [-0.25, -0.2) is 0 Å². The van der Waals surface area contributed by atoms with Crippen LogP contribution in [0.15, 0.2) is 30.6 Å². The Kier molecular flexibility index (Phi) is 4.41. The molecule has 0 radical (unpaired) electrons. The molecule has 6 nitrogen and oxygen atoms in total. The molecule has 1 aliphatic heterocycles. The van der Waals surface area contributed by atoms with E-state index in [4.69, 9.17) is 0 Å². The number of aromatic nitrogens is 4. The van der Waals surface area contributed by atoms with Crippen molar-refractivity contribution in [3.05, 3.63) is 53.2 Å². The van der Waals surface area contributed by atoms with Crippen LogP contribution in [-0.4, -0.2) is 44.1 Å². The Bertz CT molecular complexity index is 921. The zero-order chi connectivity index (χ0) is 18.1. The summed E-state index contributed by atoms with van der Waals surface area (Å²) in [5, 5.41) is 8.20. The second-order valence-corrected chi connectivity index (χ2v) is 7.05. The number of nitrogens with one attached hydrogen (secondary N) is 1. The molecule has 1 N–H and O–H groups in total. The minimum absolute atomic E-state index is 0.184. The summed E-state index contributed by atoms with van der Waals surface area (Å²) in [6, 6.07) is 6.05. The zero-order valence-corrected chi connectivity index (χ0v) is 15.2. The first kappa shape index (κ1) is 16.7. The molecule has 1 saturated heterocycles. The molecule has 134 valence electrons. The monoisotopic (exact) mass is 349 g/mol. The minimum atomic E-state index is 0.184. The van der Waals surface area contributed by atoms with Crippen LogP contribution in [0.5, 0.6) is 0 Å². The van der Waals surface area contributed by atoms with Crippen LogP contribution in [-0.2, 0) is 11.2 Å². The molecule has 6 heteroatoms. The van der Waals surface area contributed by atoms with Crippen LogP contribution in [0.2, 0.25) is 0 Å². The largest absolute Gasteiger partial charge is 0.342 e. The summed E-state index contributed by atoms with van der Waals surface area (Å²) in [7, 11) is 0. The molecule has 3 aromatic heterocycles. The smallest absolute Gasteiger partial charge is 0.227 e. The predicted molar refractivity (Wildman–Crippen MR) is 99.9 cm³/mol. The Labute approximate surface area is 152 Å². The van der Waals surface area contributed by atoms with Crippen molar-refractivity contribution in [3.63, 3.8) is 0 Å². The van der Waals surface area contributed by atoms with Gasteiger partial charge >= 0.3 is 0 Å². The summed E-state index contributed by atoms with van der Waals surface area (Å²) in [4.78, 5) is 23.7. The number of piperidine rings is 1. The molecule has 26 heavy (non-hydrogen) atoms. The number of likely N-dealkylation sites (tertiary alicyclic amines) is 1. The van der Waals surface area contributed by atoms with E-state index in [0.717, 1.165) is 59.5 Å². The average molecular weight is 349 g/mol. The Balaban J connectivity index is 1.41. The number of H-pyrrole nitrogens is 1. The van der Waals surface area contributed by atoms with Crippen molar-refractivity contribution in [2.24, 2.45) is 0 Å². The van der Waals surface area contributed by atoms with Crippen molar-refractivity contribution in [1.29, 1.82) is 0 Å². The number of carbonyl (C=O) groups is 1. The maximum Gasteiger partial charge on any atom is 0.227 e. The Morgan fingerprint density at radius 1 is 1.27 bits per heavy atom. The van der Waals surface area contributed by atoms with Gasteiger partial charge in [0.25, 0.3) is 0 Å². The Morgan fingerprint density at radius 3 is 2.81 bits per heavy atom. The number of rotatable bonds is 3. The number of hydrogen-bond donors (Lipinski definition) is 1. The lowest BCUT2D eigenvalue weighted by Crippen LogP contribution is -2.39. The highest BCUT2D eigenvalue weighted by molar-refractivity contribution is 5.79. The van der Waals surface area contributed by atoms with Gasteiger partial charge in [0.15, 0.2) is 0 Å². The molecule has 0 aromatic carbocycles. The van der Waals surface area contributed by atoms with Crippen molar-refractivity contribution >= 4 is 16.8 Å². The third kappa shape index (κ3) is 3.19. The van der Waals surface area contributed by atoms with Crippen molar-refractivity contribution in [2.75, 3.05) is 13.1 Å². The van der Waals surface area contributed by atoms with Crippen LogP contribution < -0.4 is 0 Å². The van der Waals surface area contributed by atoms with E-state index < -0.39 is 0 Å². The fourth-order valence-electron chi connectivity index (χ4n) is 3.73. The number of fused-ring (bicyclic) bond motifs is 1. The topological polar surface area (TPSA) is 74.8 Å². The summed E-state index contributed by atoms with van der Waals surface area (Å²) >= 11 is 0. The normalized spacial score (nSPS) is 15.5. The maximum absolute atomic E-state index is 12.6. The molecule has 4 heterocycles. The van der Waals surface area contributed by atoms with Crippen LogP contribution in [0.4, 0.5) is 0 Å². The van der Waals surface area contributed by atoms with E-state index in [-0.39, 0.29) is 5.91 Å². The lowest BCUT2D eigenvalue weighted by molar-refractivity contribution is -0.131.